The van der Waals surface area contributed by atoms with Crippen LogP contribution in [0.15, 0.2) is 43.0 Å². The van der Waals surface area contributed by atoms with Gasteiger partial charge in [0.2, 0.25) is 5.91 Å². The summed E-state index contributed by atoms with van der Waals surface area (Å²) in [7, 11) is 0. The van der Waals surface area contributed by atoms with E-state index in [1.54, 1.807) is 13.0 Å². The predicted molar refractivity (Wildman–Crippen MR) is 75.4 cm³/mol. The van der Waals surface area contributed by atoms with E-state index in [1.807, 2.05) is 42.2 Å². The molecule has 0 radical (unpaired) electrons. The molecule has 19 heavy (non-hydrogen) atoms. The minimum Gasteiger partial charge on any atom is -0.393 e. The summed E-state index contributed by atoms with van der Waals surface area (Å²) >= 11 is 0. The van der Waals surface area contributed by atoms with Crippen LogP contribution in [-0.2, 0) is 4.79 Å². The van der Waals surface area contributed by atoms with Gasteiger partial charge in [-0.05, 0) is 19.4 Å². The fourth-order valence-corrected chi connectivity index (χ4v) is 2.85. The zero-order valence-electron chi connectivity index (χ0n) is 11.5. The quantitative estimate of drug-likeness (QED) is 0.843. The second-order valence-electron chi connectivity index (χ2n) is 5.24. The molecule has 3 nitrogen and oxygen atoms in total. The summed E-state index contributed by atoms with van der Waals surface area (Å²) < 4.78 is 0. The second kappa shape index (κ2) is 5.57. The number of amides is 1. The Hall–Kier alpha value is -1.61. The molecule has 1 amide bonds. The summed E-state index contributed by atoms with van der Waals surface area (Å²) in [6, 6.07) is 9.99. The molecule has 102 valence electrons. The van der Waals surface area contributed by atoms with Gasteiger partial charge in [-0.25, -0.2) is 0 Å². The van der Waals surface area contributed by atoms with Crippen molar-refractivity contribution in [2.75, 3.05) is 6.54 Å². The molecular weight excluding hydrogens is 238 g/mol. The fraction of sp³-hybridized carbons (Fsp3) is 0.438. The molecule has 0 spiro atoms. The molecule has 1 heterocycles. The number of hydrogen-bond acceptors (Lipinski definition) is 2. The Kier molecular flexibility index (Phi) is 4.05. The molecule has 3 heteroatoms. The highest BCUT2D eigenvalue weighted by Crippen LogP contribution is 2.34. The predicted octanol–water partition coefficient (Wildman–Crippen LogP) is 2.39. The highest BCUT2D eigenvalue weighted by Gasteiger charge is 2.43. The monoisotopic (exact) mass is 259 g/mol. The van der Waals surface area contributed by atoms with Crippen LogP contribution >= 0.6 is 0 Å². The smallest absolute Gasteiger partial charge is 0.229 e. The van der Waals surface area contributed by atoms with Gasteiger partial charge in [0, 0.05) is 12.5 Å². The third kappa shape index (κ3) is 2.56. The molecule has 1 N–H and O–H groups in total. The van der Waals surface area contributed by atoms with Gasteiger partial charge in [-0.15, -0.1) is 6.58 Å². The van der Waals surface area contributed by atoms with E-state index in [0.717, 1.165) is 5.56 Å². The van der Waals surface area contributed by atoms with Crippen LogP contribution in [0, 0.1) is 11.8 Å². The van der Waals surface area contributed by atoms with Crippen LogP contribution in [0.1, 0.15) is 25.5 Å². The van der Waals surface area contributed by atoms with E-state index in [1.165, 1.54) is 0 Å². The van der Waals surface area contributed by atoms with Gasteiger partial charge in [-0.1, -0.05) is 36.4 Å². The normalized spacial score (nSPS) is 26.3. The van der Waals surface area contributed by atoms with Crippen LogP contribution in [0.4, 0.5) is 0 Å². The standard InChI is InChI=1S/C16H21NO2/c1-4-13-10-17(16(19)15(13)12(3)18)11(2)14-8-6-5-7-9-14/h4-9,11-13,15,18H,1,10H2,2-3H3/t11-,12-,13-,15+/m0/s1. The van der Waals surface area contributed by atoms with Gasteiger partial charge in [-0.2, -0.15) is 0 Å². The Bertz CT molecular complexity index is 455. The minimum absolute atomic E-state index is 0.0243. The summed E-state index contributed by atoms with van der Waals surface area (Å²) in [5, 5.41) is 9.80. The third-order valence-electron chi connectivity index (χ3n) is 4.01. The molecule has 0 aromatic heterocycles. The maximum Gasteiger partial charge on any atom is 0.229 e. The fourth-order valence-electron chi connectivity index (χ4n) is 2.85. The highest BCUT2D eigenvalue weighted by molar-refractivity contribution is 5.82. The molecule has 2 rings (SSSR count). The van der Waals surface area contributed by atoms with Crippen LogP contribution in [0.25, 0.3) is 0 Å². The van der Waals surface area contributed by atoms with E-state index in [-0.39, 0.29) is 23.8 Å². The number of carbonyl (C=O) groups excluding carboxylic acids is 1. The van der Waals surface area contributed by atoms with Gasteiger partial charge in [0.1, 0.15) is 0 Å². The second-order valence-corrected chi connectivity index (χ2v) is 5.24. The first-order valence-corrected chi connectivity index (χ1v) is 6.72. The van der Waals surface area contributed by atoms with E-state index >= 15 is 0 Å². The molecule has 1 aromatic carbocycles. The first-order chi connectivity index (χ1) is 9.06. The number of benzene rings is 1. The molecule has 0 aliphatic carbocycles. The van der Waals surface area contributed by atoms with Crippen molar-refractivity contribution >= 4 is 5.91 Å². The summed E-state index contributed by atoms with van der Waals surface area (Å²) in [6.45, 7) is 8.12. The Morgan fingerprint density at radius 1 is 1.37 bits per heavy atom. The number of aliphatic hydroxyl groups excluding tert-OH is 1. The Labute approximate surface area is 114 Å². The highest BCUT2D eigenvalue weighted by atomic mass is 16.3. The maximum atomic E-state index is 12.4. The minimum atomic E-state index is -0.636. The SMILES string of the molecule is C=C[C@H]1CN([C@@H](C)c2ccccc2)C(=O)[C@@H]1[C@H](C)O. The van der Waals surface area contributed by atoms with Crippen molar-refractivity contribution in [2.45, 2.75) is 26.0 Å². The maximum absolute atomic E-state index is 12.4. The molecule has 4 atom stereocenters. The largest absolute Gasteiger partial charge is 0.393 e. The average Bonchev–Trinajstić information content (AvgIpc) is 2.76. The van der Waals surface area contributed by atoms with Crippen molar-refractivity contribution in [3.63, 3.8) is 0 Å². The molecule has 1 aliphatic heterocycles. The summed E-state index contributed by atoms with van der Waals surface area (Å²) in [6.07, 6.45) is 1.15. The van der Waals surface area contributed by atoms with Crippen molar-refractivity contribution in [2.24, 2.45) is 11.8 Å². The Balaban J connectivity index is 2.22. The first kappa shape index (κ1) is 13.8. The van der Waals surface area contributed by atoms with Gasteiger partial charge < -0.3 is 10.0 Å². The summed E-state index contributed by atoms with van der Waals surface area (Å²) in [5.74, 6) is -0.307. The van der Waals surface area contributed by atoms with Crippen LogP contribution in [0.5, 0.6) is 0 Å². The molecule has 1 aromatic rings. The lowest BCUT2D eigenvalue weighted by Gasteiger charge is -2.25. The number of carbonyl (C=O) groups is 1. The third-order valence-corrected chi connectivity index (χ3v) is 4.01. The zero-order valence-corrected chi connectivity index (χ0v) is 11.5. The van der Waals surface area contributed by atoms with Gasteiger partial charge in [0.05, 0.1) is 18.1 Å². The topological polar surface area (TPSA) is 40.5 Å². The van der Waals surface area contributed by atoms with Crippen molar-refractivity contribution in [3.8, 4) is 0 Å². The molecule has 1 aliphatic rings. The number of nitrogens with zero attached hydrogens (tertiary/aromatic N) is 1. The van der Waals surface area contributed by atoms with Gasteiger partial charge >= 0.3 is 0 Å². The zero-order chi connectivity index (χ0) is 14.0. The Morgan fingerprint density at radius 3 is 2.47 bits per heavy atom. The molecular formula is C16H21NO2. The van der Waals surface area contributed by atoms with Crippen LogP contribution in [-0.4, -0.2) is 28.6 Å². The molecule has 0 saturated carbocycles. The van der Waals surface area contributed by atoms with Gasteiger partial charge in [0.25, 0.3) is 0 Å². The number of aliphatic hydroxyl groups is 1. The van der Waals surface area contributed by atoms with E-state index in [4.69, 9.17) is 0 Å². The lowest BCUT2D eigenvalue weighted by molar-refractivity contribution is -0.135. The Morgan fingerprint density at radius 2 is 2.00 bits per heavy atom. The lowest BCUT2D eigenvalue weighted by atomic mass is 9.91. The van der Waals surface area contributed by atoms with Crippen molar-refractivity contribution < 1.29 is 9.90 Å². The molecule has 0 unspecified atom stereocenters. The van der Waals surface area contributed by atoms with Crippen molar-refractivity contribution in [1.82, 2.24) is 4.90 Å². The lowest BCUT2D eigenvalue weighted by Crippen LogP contribution is -2.33. The van der Waals surface area contributed by atoms with Gasteiger partial charge in [0.15, 0.2) is 0 Å². The van der Waals surface area contributed by atoms with Crippen molar-refractivity contribution in [1.29, 1.82) is 0 Å². The number of likely N-dealkylation sites (tertiary alicyclic amines) is 1. The van der Waals surface area contributed by atoms with E-state index in [0.29, 0.717) is 6.54 Å². The van der Waals surface area contributed by atoms with Crippen molar-refractivity contribution in [3.05, 3.63) is 48.6 Å². The van der Waals surface area contributed by atoms with E-state index < -0.39 is 6.10 Å². The van der Waals surface area contributed by atoms with Crippen LogP contribution in [0.3, 0.4) is 0 Å². The van der Waals surface area contributed by atoms with Crippen LogP contribution < -0.4 is 0 Å². The van der Waals surface area contributed by atoms with Crippen LogP contribution in [0.2, 0.25) is 0 Å². The molecule has 1 fully saturated rings. The van der Waals surface area contributed by atoms with E-state index in [2.05, 4.69) is 6.58 Å². The first-order valence-electron chi connectivity index (χ1n) is 6.72. The van der Waals surface area contributed by atoms with E-state index in [9.17, 15) is 9.90 Å². The number of hydrogen-bond donors (Lipinski definition) is 1. The number of rotatable bonds is 4. The van der Waals surface area contributed by atoms with Gasteiger partial charge in [-0.3, -0.25) is 4.79 Å². The average molecular weight is 259 g/mol. The summed E-state index contributed by atoms with van der Waals surface area (Å²) in [5.41, 5.74) is 1.12. The molecule has 1 saturated heterocycles. The summed E-state index contributed by atoms with van der Waals surface area (Å²) in [4.78, 5) is 14.3. The molecule has 0 bridgehead atoms.